The molecule has 0 bridgehead atoms. The van der Waals surface area contributed by atoms with Gasteiger partial charge in [0.1, 0.15) is 11.5 Å². The number of rotatable bonds is 6. The highest BCUT2D eigenvalue weighted by Crippen LogP contribution is 2.30. The Morgan fingerprint density at radius 2 is 1.90 bits per heavy atom. The van der Waals surface area contributed by atoms with Crippen LogP contribution < -0.4 is 14.8 Å². The monoisotopic (exact) mass is 349 g/mol. The van der Waals surface area contributed by atoms with Crippen molar-refractivity contribution in [3.8, 4) is 11.5 Å². The number of likely N-dealkylation sites (N-methyl/N-ethyl adjacent to an activating group) is 1. The highest BCUT2D eigenvalue weighted by Gasteiger charge is 2.16. The molecular formula is C17H20BrNO2. The second-order valence-corrected chi connectivity index (χ2v) is 5.70. The molecule has 0 saturated carbocycles. The van der Waals surface area contributed by atoms with Crippen LogP contribution in [0, 0.1) is 0 Å². The summed E-state index contributed by atoms with van der Waals surface area (Å²) in [7, 11) is 5.35. The number of hydrogen-bond donors (Lipinski definition) is 1. The second-order valence-electron chi connectivity index (χ2n) is 4.78. The molecule has 4 heteroatoms. The van der Waals surface area contributed by atoms with E-state index in [1.54, 1.807) is 14.2 Å². The lowest BCUT2D eigenvalue weighted by Crippen LogP contribution is -2.19. The van der Waals surface area contributed by atoms with E-state index in [1.807, 2.05) is 31.3 Å². The quantitative estimate of drug-likeness (QED) is 0.855. The van der Waals surface area contributed by atoms with E-state index in [1.165, 1.54) is 5.56 Å². The molecule has 0 heterocycles. The molecule has 1 atom stereocenters. The third-order valence-electron chi connectivity index (χ3n) is 3.49. The maximum absolute atomic E-state index is 5.48. The molecule has 0 aliphatic carbocycles. The van der Waals surface area contributed by atoms with Crippen molar-refractivity contribution in [1.29, 1.82) is 0 Å². The second kappa shape index (κ2) is 7.48. The van der Waals surface area contributed by atoms with Crippen molar-refractivity contribution < 1.29 is 9.47 Å². The fourth-order valence-corrected chi connectivity index (χ4v) is 2.76. The van der Waals surface area contributed by atoms with Crippen molar-refractivity contribution in [2.24, 2.45) is 0 Å². The zero-order chi connectivity index (χ0) is 15.2. The zero-order valence-electron chi connectivity index (χ0n) is 12.5. The lowest BCUT2D eigenvalue weighted by molar-refractivity contribution is 0.400. The smallest absolute Gasteiger partial charge is 0.123 e. The summed E-state index contributed by atoms with van der Waals surface area (Å²) in [5.74, 6) is 1.77. The maximum Gasteiger partial charge on any atom is 0.123 e. The van der Waals surface area contributed by atoms with E-state index < -0.39 is 0 Å². The van der Waals surface area contributed by atoms with E-state index in [-0.39, 0.29) is 6.04 Å². The Labute approximate surface area is 134 Å². The Kier molecular flexibility index (Phi) is 5.65. The number of ether oxygens (including phenoxy) is 2. The van der Waals surface area contributed by atoms with Gasteiger partial charge in [-0.25, -0.2) is 0 Å². The van der Waals surface area contributed by atoms with Gasteiger partial charge < -0.3 is 14.8 Å². The van der Waals surface area contributed by atoms with Crippen LogP contribution in [0.2, 0.25) is 0 Å². The Hall–Kier alpha value is -1.52. The minimum absolute atomic E-state index is 0.171. The summed E-state index contributed by atoms with van der Waals surface area (Å²) in [6, 6.07) is 14.4. The van der Waals surface area contributed by atoms with Crippen LogP contribution in [0.3, 0.4) is 0 Å². The van der Waals surface area contributed by atoms with Gasteiger partial charge in [0.05, 0.1) is 14.2 Å². The molecular weight excluding hydrogens is 330 g/mol. The van der Waals surface area contributed by atoms with Gasteiger partial charge in [-0.05, 0) is 49.4 Å². The minimum atomic E-state index is 0.171. The number of methoxy groups -OCH3 is 2. The molecule has 2 rings (SSSR count). The molecule has 2 aromatic rings. The van der Waals surface area contributed by atoms with Crippen LogP contribution in [-0.2, 0) is 6.42 Å². The van der Waals surface area contributed by atoms with Crippen LogP contribution in [0.1, 0.15) is 17.2 Å². The van der Waals surface area contributed by atoms with E-state index in [0.717, 1.165) is 28.0 Å². The van der Waals surface area contributed by atoms with Crippen molar-refractivity contribution in [3.05, 3.63) is 58.1 Å². The van der Waals surface area contributed by atoms with Gasteiger partial charge in [-0.15, -0.1) is 0 Å². The normalized spacial score (nSPS) is 12.0. The standard InChI is InChI=1S/C17H20BrNO2/c1-19-16(10-12-5-4-6-14(9-12)20-2)15-11-13(18)7-8-17(15)21-3/h4-9,11,16,19H,10H2,1-3H3. The molecule has 3 nitrogen and oxygen atoms in total. The molecule has 0 saturated heterocycles. The fraction of sp³-hybridized carbons (Fsp3) is 0.294. The molecule has 21 heavy (non-hydrogen) atoms. The number of hydrogen-bond acceptors (Lipinski definition) is 3. The Morgan fingerprint density at radius 1 is 1.10 bits per heavy atom. The maximum atomic E-state index is 5.48. The van der Waals surface area contributed by atoms with Crippen molar-refractivity contribution in [2.45, 2.75) is 12.5 Å². The van der Waals surface area contributed by atoms with Crippen LogP contribution in [0.25, 0.3) is 0 Å². The summed E-state index contributed by atoms with van der Waals surface area (Å²) < 4.78 is 11.8. The molecule has 1 unspecified atom stereocenters. The molecule has 0 aromatic heterocycles. The van der Waals surface area contributed by atoms with Crippen molar-refractivity contribution in [2.75, 3.05) is 21.3 Å². The molecule has 0 fully saturated rings. The molecule has 0 amide bonds. The highest BCUT2D eigenvalue weighted by atomic mass is 79.9. The zero-order valence-corrected chi connectivity index (χ0v) is 14.1. The van der Waals surface area contributed by atoms with Gasteiger partial charge in [-0.2, -0.15) is 0 Å². The van der Waals surface area contributed by atoms with Crippen molar-refractivity contribution in [3.63, 3.8) is 0 Å². The van der Waals surface area contributed by atoms with E-state index in [2.05, 4.69) is 39.4 Å². The van der Waals surface area contributed by atoms with Crippen LogP contribution in [0.5, 0.6) is 11.5 Å². The third-order valence-corrected chi connectivity index (χ3v) is 3.98. The first-order valence-corrected chi connectivity index (χ1v) is 7.61. The minimum Gasteiger partial charge on any atom is -0.497 e. The number of nitrogens with one attached hydrogen (secondary N) is 1. The predicted octanol–water partition coefficient (Wildman–Crippen LogP) is 3.97. The van der Waals surface area contributed by atoms with E-state index in [4.69, 9.17) is 9.47 Å². The first-order valence-electron chi connectivity index (χ1n) is 6.81. The molecule has 1 N–H and O–H groups in total. The average Bonchev–Trinajstić information content (AvgIpc) is 2.52. The van der Waals surface area contributed by atoms with E-state index in [0.29, 0.717) is 0 Å². The van der Waals surface area contributed by atoms with Gasteiger partial charge in [-0.3, -0.25) is 0 Å². The van der Waals surface area contributed by atoms with Crippen LogP contribution in [-0.4, -0.2) is 21.3 Å². The Balaban J connectivity index is 2.29. The summed E-state index contributed by atoms with van der Waals surface area (Å²) in [6.45, 7) is 0. The summed E-state index contributed by atoms with van der Waals surface area (Å²) in [4.78, 5) is 0. The van der Waals surface area contributed by atoms with E-state index >= 15 is 0 Å². The Bertz CT molecular complexity index is 601. The first-order chi connectivity index (χ1) is 10.2. The van der Waals surface area contributed by atoms with Gasteiger partial charge in [0, 0.05) is 16.1 Å². The van der Waals surface area contributed by atoms with Gasteiger partial charge in [0.2, 0.25) is 0 Å². The molecule has 0 aliphatic heterocycles. The van der Waals surface area contributed by atoms with Crippen molar-refractivity contribution >= 4 is 15.9 Å². The van der Waals surface area contributed by atoms with Crippen LogP contribution in [0.4, 0.5) is 0 Å². The first kappa shape index (κ1) is 15.9. The topological polar surface area (TPSA) is 30.5 Å². The lowest BCUT2D eigenvalue weighted by Gasteiger charge is -2.20. The number of benzene rings is 2. The molecule has 112 valence electrons. The molecule has 0 spiro atoms. The lowest BCUT2D eigenvalue weighted by atomic mass is 9.98. The summed E-state index contributed by atoms with van der Waals surface area (Å²) in [5, 5.41) is 3.36. The van der Waals surface area contributed by atoms with Crippen molar-refractivity contribution in [1.82, 2.24) is 5.32 Å². The molecule has 2 aromatic carbocycles. The Morgan fingerprint density at radius 3 is 2.57 bits per heavy atom. The van der Waals surface area contributed by atoms with Crippen LogP contribution >= 0.6 is 15.9 Å². The number of halogens is 1. The predicted molar refractivity (Wildman–Crippen MR) is 89.2 cm³/mol. The van der Waals surface area contributed by atoms with Crippen LogP contribution in [0.15, 0.2) is 46.9 Å². The largest absolute Gasteiger partial charge is 0.497 e. The summed E-state index contributed by atoms with van der Waals surface area (Å²) in [6.07, 6.45) is 0.862. The fourth-order valence-electron chi connectivity index (χ4n) is 2.38. The van der Waals surface area contributed by atoms with Gasteiger partial charge >= 0.3 is 0 Å². The average molecular weight is 350 g/mol. The third kappa shape index (κ3) is 3.99. The summed E-state index contributed by atoms with van der Waals surface area (Å²) >= 11 is 3.53. The summed E-state index contributed by atoms with van der Waals surface area (Å²) in [5.41, 5.74) is 2.35. The molecule has 0 radical (unpaired) electrons. The highest BCUT2D eigenvalue weighted by molar-refractivity contribution is 9.10. The van der Waals surface area contributed by atoms with Gasteiger partial charge in [-0.1, -0.05) is 28.1 Å². The SMILES string of the molecule is CNC(Cc1cccc(OC)c1)c1cc(Br)ccc1OC. The van der Waals surface area contributed by atoms with Gasteiger partial charge in [0.15, 0.2) is 0 Å². The van der Waals surface area contributed by atoms with E-state index in [9.17, 15) is 0 Å². The molecule has 0 aliphatic rings. The van der Waals surface area contributed by atoms with Gasteiger partial charge in [0.25, 0.3) is 0 Å².